The van der Waals surface area contributed by atoms with Crippen molar-refractivity contribution in [3.8, 4) is 0 Å². The summed E-state index contributed by atoms with van der Waals surface area (Å²) in [6.07, 6.45) is 2.84. The lowest BCUT2D eigenvalue weighted by atomic mass is 9.73. The molecule has 1 aromatic rings. The SMILES string of the molecule is CC1CCCCC1(NC(=O)c1cccc(F)c1Br)C(=O)O. The van der Waals surface area contributed by atoms with E-state index in [0.717, 1.165) is 19.3 Å². The summed E-state index contributed by atoms with van der Waals surface area (Å²) in [7, 11) is 0. The molecule has 1 aliphatic rings. The van der Waals surface area contributed by atoms with Gasteiger partial charge in [0.05, 0.1) is 10.0 Å². The average molecular weight is 358 g/mol. The summed E-state index contributed by atoms with van der Waals surface area (Å²) in [4.78, 5) is 24.1. The number of hydrogen-bond acceptors (Lipinski definition) is 2. The number of aliphatic carboxylic acids is 1. The number of amides is 1. The van der Waals surface area contributed by atoms with Crippen LogP contribution in [0.25, 0.3) is 0 Å². The van der Waals surface area contributed by atoms with E-state index >= 15 is 0 Å². The minimum atomic E-state index is -1.28. The summed E-state index contributed by atoms with van der Waals surface area (Å²) in [6.45, 7) is 1.83. The van der Waals surface area contributed by atoms with Crippen LogP contribution in [0.2, 0.25) is 0 Å². The van der Waals surface area contributed by atoms with Crippen LogP contribution < -0.4 is 5.32 Å². The van der Waals surface area contributed by atoms with Crippen LogP contribution in [0.5, 0.6) is 0 Å². The van der Waals surface area contributed by atoms with Gasteiger partial charge in [0.15, 0.2) is 0 Å². The average Bonchev–Trinajstić information content (AvgIpc) is 2.44. The van der Waals surface area contributed by atoms with E-state index in [0.29, 0.717) is 6.42 Å². The number of carboxylic acids is 1. The Morgan fingerprint density at radius 2 is 2.14 bits per heavy atom. The molecule has 1 aliphatic carbocycles. The van der Waals surface area contributed by atoms with Crippen LogP contribution in [-0.2, 0) is 4.79 Å². The van der Waals surface area contributed by atoms with Crippen molar-refractivity contribution in [2.45, 2.75) is 38.1 Å². The first kappa shape index (κ1) is 15.9. The molecule has 21 heavy (non-hydrogen) atoms. The number of benzene rings is 1. The highest BCUT2D eigenvalue weighted by molar-refractivity contribution is 9.10. The molecule has 2 unspecified atom stereocenters. The maximum atomic E-state index is 13.5. The van der Waals surface area contributed by atoms with Crippen molar-refractivity contribution < 1.29 is 19.1 Å². The van der Waals surface area contributed by atoms with Crippen molar-refractivity contribution in [2.24, 2.45) is 5.92 Å². The lowest BCUT2D eigenvalue weighted by Crippen LogP contribution is -2.60. The van der Waals surface area contributed by atoms with E-state index in [1.807, 2.05) is 6.92 Å². The molecule has 2 atom stereocenters. The summed E-state index contributed by atoms with van der Waals surface area (Å²) < 4.78 is 13.6. The van der Waals surface area contributed by atoms with Crippen molar-refractivity contribution in [3.63, 3.8) is 0 Å². The fourth-order valence-corrected chi connectivity index (χ4v) is 3.30. The van der Waals surface area contributed by atoms with Crippen LogP contribution in [-0.4, -0.2) is 22.5 Å². The molecular weight excluding hydrogens is 341 g/mol. The molecule has 6 heteroatoms. The third kappa shape index (κ3) is 2.95. The number of nitrogens with one attached hydrogen (secondary N) is 1. The van der Waals surface area contributed by atoms with Crippen LogP contribution in [0.3, 0.4) is 0 Å². The summed E-state index contributed by atoms with van der Waals surface area (Å²) in [5, 5.41) is 12.2. The van der Waals surface area contributed by atoms with E-state index in [2.05, 4.69) is 21.2 Å². The number of halogens is 2. The zero-order valence-electron chi connectivity index (χ0n) is 11.7. The molecule has 0 heterocycles. The second kappa shape index (κ2) is 6.13. The first-order valence-corrected chi connectivity index (χ1v) is 7.67. The zero-order chi connectivity index (χ0) is 15.6. The van der Waals surface area contributed by atoms with E-state index in [4.69, 9.17) is 0 Å². The number of rotatable bonds is 3. The van der Waals surface area contributed by atoms with Gasteiger partial charge in [0, 0.05) is 0 Å². The van der Waals surface area contributed by atoms with Gasteiger partial charge in [0.2, 0.25) is 0 Å². The maximum absolute atomic E-state index is 13.5. The summed E-state index contributed by atoms with van der Waals surface area (Å²) >= 11 is 3.03. The largest absolute Gasteiger partial charge is 0.479 e. The van der Waals surface area contributed by atoms with Crippen LogP contribution in [0.15, 0.2) is 22.7 Å². The van der Waals surface area contributed by atoms with Gasteiger partial charge in [-0.1, -0.05) is 25.8 Å². The fraction of sp³-hybridized carbons (Fsp3) is 0.467. The summed E-state index contributed by atoms with van der Waals surface area (Å²) in [6, 6.07) is 4.12. The first-order chi connectivity index (χ1) is 9.88. The fourth-order valence-electron chi connectivity index (χ4n) is 2.85. The Bertz CT molecular complexity index is 578. The van der Waals surface area contributed by atoms with E-state index in [1.54, 1.807) is 0 Å². The maximum Gasteiger partial charge on any atom is 0.329 e. The molecule has 1 saturated carbocycles. The van der Waals surface area contributed by atoms with Gasteiger partial charge in [-0.15, -0.1) is 0 Å². The van der Waals surface area contributed by atoms with Gasteiger partial charge >= 0.3 is 5.97 Å². The highest BCUT2D eigenvalue weighted by atomic mass is 79.9. The Labute approximate surface area is 130 Å². The lowest BCUT2D eigenvalue weighted by molar-refractivity contribution is -0.148. The first-order valence-electron chi connectivity index (χ1n) is 6.88. The molecule has 0 spiro atoms. The molecule has 0 aliphatic heterocycles. The molecule has 0 bridgehead atoms. The molecule has 0 saturated heterocycles. The topological polar surface area (TPSA) is 66.4 Å². The second-order valence-corrected chi connectivity index (χ2v) is 6.27. The number of carboxylic acid groups (broad SMARTS) is 1. The van der Waals surface area contributed by atoms with Gasteiger partial charge in [0.1, 0.15) is 11.4 Å². The van der Waals surface area contributed by atoms with Gasteiger partial charge in [-0.25, -0.2) is 9.18 Å². The monoisotopic (exact) mass is 357 g/mol. The quantitative estimate of drug-likeness (QED) is 0.871. The van der Waals surface area contributed by atoms with Crippen molar-refractivity contribution in [3.05, 3.63) is 34.1 Å². The van der Waals surface area contributed by atoms with E-state index in [1.165, 1.54) is 18.2 Å². The standard InChI is InChI=1S/C15H17BrFNO3/c1-9-5-2-3-8-15(9,14(20)21)18-13(19)10-6-4-7-11(17)12(10)16/h4,6-7,9H,2-3,5,8H2,1H3,(H,18,19)(H,20,21). The number of carbonyl (C=O) groups is 2. The van der Waals surface area contributed by atoms with E-state index in [9.17, 15) is 19.1 Å². The highest BCUT2D eigenvalue weighted by Gasteiger charge is 2.46. The summed E-state index contributed by atoms with van der Waals surface area (Å²) in [5.41, 5.74) is -1.17. The third-order valence-corrected chi connectivity index (χ3v) is 5.02. The second-order valence-electron chi connectivity index (χ2n) is 5.48. The van der Waals surface area contributed by atoms with Gasteiger partial charge in [-0.2, -0.15) is 0 Å². The van der Waals surface area contributed by atoms with Gasteiger partial charge in [-0.3, -0.25) is 4.79 Å². The Balaban J connectivity index is 2.31. The van der Waals surface area contributed by atoms with Crippen LogP contribution >= 0.6 is 15.9 Å². The molecular formula is C15H17BrFNO3. The van der Waals surface area contributed by atoms with Gasteiger partial charge in [0.25, 0.3) is 5.91 Å². The van der Waals surface area contributed by atoms with E-state index in [-0.39, 0.29) is 16.0 Å². The smallest absolute Gasteiger partial charge is 0.329 e. The summed E-state index contributed by atoms with van der Waals surface area (Å²) in [5.74, 6) is -2.32. The minimum absolute atomic E-state index is 0.0477. The normalized spacial score (nSPS) is 25.4. The molecule has 1 amide bonds. The predicted octanol–water partition coefficient (Wildman–Crippen LogP) is 3.35. The van der Waals surface area contributed by atoms with Crippen LogP contribution in [0.4, 0.5) is 4.39 Å². The molecule has 114 valence electrons. The predicted molar refractivity (Wildman–Crippen MR) is 79.6 cm³/mol. The lowest BCUT2D eigenvalue weighted by Gasteiger charge is -2.39. The van der Waals surface area contributed by atoms with Crippen molar-refractivity contribution >= 4 is 27.8 Å². The van der Waals surface area contributed by atoms with Crippen molar-refractivity contribution in [1.29, 1.82) is 0 Å². The number of carbonyl (C=O) groups excluding carboxylic acids is 1. The van der Waals surface area contributed by atoms with E-state index < -0.39 is 23.2 Å². The Kier molecular flexibility index (Phi) is 4.66. The molecule has 2 N–H and O–H groups in total. The Morgan fingerprint density at radius 3 is 2.76 bits per heavy atom. The third-order valence-electron chi connectivity index (χ3n) is 4.21. The van der Waals surface area contributed by atoms with Crippen molar-refractivity contribution in [1.82, 2.24) is 5.32 Å². The van der Waals surface area contributed by atoms with Crippen LogP contribution in [0, 0.1) is 11.7 Å². The molecule has 2 rings (SSSR count). The molecule has 0 aromatic heterocycles. The van der Waals surface area contributed by atoms with Gasteiger partial charge in [-0.05, 0) is 46.8 Å². The van der Waals surface area contributed by atoms with Crippen molar-refractivity contribution in [2.75, 3.05) is 0 Å². The highest BCUT2D eigenvalue weighted by Crippen LogP contribution is 2.34. The Morgan fingerprint density at radius 1 is 1.43 bits per heavy atom. The molecule has 1 aromatic carbocycles. The van der Waals surface area contributed by atoms with Gasteiger partial charge < -0.3 is 10.4 Å². The number of hydrogen-bond donors (Lipinski definition) is 2. The molecule has 4 nitrogen and oxygen atoms in total. The van der Waals surface area contributed by atoms with Crippen LogP contribution in [0.1, 0.15) is 43.0 Å². The zero-order valence-corrected chi connectivity index (χ0v) is 13.2. The molecule has 0 radical (unpaired) electrons. The Hall–Kier alpha value is -1.43. The minimum Gasteiger partial charge on any atom is -0.479 e. The molecule has 1 fully saturated rings.